The van der Waals surface area contributed by atoms with Crippen LogP contribution in [0.15, 0.2) is 0 Å². The van der Waals surface area contributed by atoms with E-state index in [1.165, 1.54) is 0 Å². The summed E-state index contributed by atoms with van der Waals surface area (Å²) in [6.45, 7) is 3.53. The zero-order valence-corrected chi connectivity index (χ0v) is 6.36. The highest BCUT2D eigenvalue weighted by Gasteiger charge is 2.26. The first-order valence-corrected chi connectivity index (χ1v) is 4.40. The second-order valence-corrected chi connectivity index (χ2v) is 3.95. The molecule has 0 aromatic carbocycles. The summed E-state index contributed by atoms with van der Waals surface area (Å²) in [6.07, 6.45) is 0. The van der Waals surface area contributed by atoms with Gasteiger partial charge >= 0.3 is 0 Å². The zero-order chi connectivity index (χ0) is 6.85. The van der Waals surface area contributed by atoms with Gasteiger partial charge in [0, 0.05) is 24.9 Å². The molecular weight excluding hydrogens is 136 g/mol. The lowest BCUT2D eigenvalue weighted by Crippen LogP contribution is -2.56. The van der Waals surface area contributed by atoms with Gasteiger partial charge in [0.25, 0.3) is 0 Å². The van der Waals surface area contributed by atoms with E-state index < -0.39 is 11.0 Å². The van der Waals surface area contributed by atoms with E-state index in [-0.39, 0.29) is 6.04 Å². The highest BCUT2D eigenvalue weighted by Crippen LogP contribution is 2.07. The van der Waals surface area contributed by atoms with Gasteiger partial charge in [-0.05, 0) is 0 Å². The number of nitrogens with two attached hydrogens (primary N) is 1. The third-order valence-corrected chi connectivity index (χ3v) is 2.78. The standard InChI is InChI=1S/C5H12N2OS/c1-2-9(8)7-3-5(6)4-7/h5H,2-4,6H2,1H3. The maximum absolute atomic E-state index is 10.9. The Kier molecular flexibility index (Phi) is 2.21. The van der Waals surface area contributed by atoms with Crippen molar-refractivity contribution in [3.8, 4) is 0 Å². The van der Waals surface area contributed by atoms with Gasteiger partial charge < -0.3 is 5.73 Å². The van der Waals surface area contributed by atoms with Crippen LogP contribution in [-0.2, 0) is 11.0 Å². The normalized spacial score (nSPS) is 25.6. The average molecular weight is 148 g/mol. The summed E-state index contributed by atoms with van der Waals surface area (Å²) in [5, 5.41) is 0. The molecule has 0 amide bonds. The smallest absolute Gasteiger partial charge is 0.0940 e. The minimum absolute atomic E-state index is 0.264. The van der Waals surface area contributed by atoms with Gasteiger partial charge in [0.2, 0.25) is 0 Å². The Balaban J connectivity index is 2.23. The minimum Gasteiger partial charge on any atom is -0.325 e. The van der Waals surface area contributed by atoms with Crippen molar-refractivity contribution < 1.29 is 4.21 Å². The van der Waals surface area contributed by atoms with Crippen molar-refractivity contribution in [1.29, 1.82) is 0 Å². The Hall–Kier alpha value is 0.0700. The first kappa shape index (κ1) is 7.18. The summed E-state index contributed by atoms with van der Waals surface area (Å²) in [5.41, 5.74) is 5.49. The molecule has 1 rings (SSSR count). The van der Waals surface area contributed by atoms with E-state index in [4.69, 9.17) is 5.73 Å². The summed E-state index contributed by atoms with van der Waals surface area (Å²) in [7, 11) is -0.752. The van der Waals surface area contributed by atoms with Gasteiger partial charge in [0.1, 0.15) is 0 Å². The zero-order valence-electron chi connectivity index (χ0n) is 5.54. The van der Waals surface area contributed by atoms with Gasteiger partial charge in [-0.3, -0.25) is 0 Å². The van der Waals surface area contributed by atoms with Crippen molar-refractivity contribution in [1.82, 2.24) is 4.31 Å². The van der Waals surface area contributed by atoms with E-state index in [0.29, 0.717) is 5.75 Å². The molecule has 1 heterocycles. The highest BCUT2D eigenvalue weighted by atomic mass is 32.2. The topological polar surface area (TPSA) is 46.3 Å². The quantitative estimate of drug-likeness (QED) is 0.563. The van der Waals surface area contributed by atoms with Gasteiger partial charge in [-0.2, -0.15) is 0 Å². The third-order valence-electron chi connectivity index (χ3n) is 1.41. The first-order valence-electron chi connectivity index (χ1n) is 3.13. The fraction of sp³-hybridized carbons (Fsp3) is 1.00. The monoisotopic (exact) mass is 148 g/mol. The molecule has 9 heavy (non-hydrogen) atoms. The molecule has 0 bridgehead atoms. The van der Waals surface area contributed by atoms with Gasteiger partial charge in [0.05, 0.1) is 11.0 Å². The van der Waals surface area contributed by atoms with E-state index in [9.17, 15) is 4.21 Å². The second kappa shape index (κ2) is 2.77. The van der Waals surface area contributed by atoms with Crippen LogP contribution in [0.5, 0.6) is 0 Å². The van der Waals surface area contributed by atoms with Gasteiger partial charge in [-0.25, -0.2) is 8.51 Å². The SMILES string of the molecule is CCS(=O)N1CC(N)C1. The molecule has 0 radical (unpaired) electrons. The Morgan fingerprint density at radius 3 is 2.67 bits per heavy atom. The Morgan fingerprint density at radius 2 is 2.33 bits per heavy atom. The van der Waals surface area contributed by atoms with Crippen LogP contribution < -0.4 is 5.73 Å². The number of hydrogen-bond acceptors (Lipinski definition) is 2. The van der Waals surface area contributed by atoms with E-state index in [1.807, 2.05) is 11.2 Å². The van der Waals surface area contributed by atoms with Crippen molar-refractivity contribution in [2.75, 3.05) is 18.8 Å². The minimum atomic E-state index is -0.752. The maximum atomic E-state index is 10.9. The largest absolute Gasteiger partial charge is 0.325 e. The molecule has 0 spiro atoms. The van der Waals surface area contributed by atoms with E-state index >= 15 is 0 Å². The molecule has 3 nitrogen and oxygen atoms in total. The van der Waals surface area contributed by atoms with Crippen molar-refractivity contribution in [3.63, 3.8) is 0 Å². The van der Waals surface area contributed by atoms with E-state index in [2.05, 4.69) is 0 Å². The van der Waals surface area contributed by atoms with Crippen molar-refractivity contribution in [2.45, 2.75) is 13.0 Å². The third kappa shape index (κ3) is 1.50. The van der Waals surface area contributed by atoms with Gasteiger partial charge in [0.15, 0.2) is 0 Å². The molecule has 1 aliphatic rings. The fourth-order valence-electron chi connectivity index (χ4n) is 0.818. The molecule has 0 saturated carbocycles. The van der Waals surface area contributed by atoms with Crippen molar-refractivity contribution >= 4 is 11.0 Å². The molecule has 1 aliphatic heterocycles. The van der Waals surface area contributed by atoms with E-state index in [0.717, 1.165) is 13.1 Å². The van der Waals surface area contributed by atoms with Gasteiger partial charge in [-0.15, -0.1) is 0 Å². The Labute approximate surface area is 57.8 Å². The lowest BCUT2D eigenvalue weighted by atomic mass is 10.2. The lowest BCUT2D eigenvalue weighted by molar-refractivity contribution is 0.280. The van der Waals surface area contributed by atoms with Crippen LogP contribution in [-0.4, -0.2) is 33.4 Å². The van der Waals surface area contributed by atoms with Crippen LogP contribution in [0, 0.1) is 0 Å². The van der Waals surface area contributed by atoms with Crippen LogP contribution in [0.3, 0.4) is 0 Å². The van der Waals surface area contributed by atoms with Gasteiger partial charge in [-0.1, -0.05) is 6.92 Å². The summed E-state index contributed by atoms with van der Waals surface area (Å²) >= 11 is 0. The summed E-state index contributed by atoms with van der Waals surface area (Å²) < 4.78 is 12.8. The molecular formula is C5H12N2OS. The van der Waals surface area contributed by atoms with Crippen molar-refractivity contribution in [3.05, 3.63) is 0 Å². The van der Waals surface area contributed by atoms with Crippen LogP contribution >= 0.6 is 0 Å². The molecule has 0 aromatic heterocycles. The molecule has 2 N–H and O–H groups in total. The number of nitrogens with zero attached hydrogens (tertiary/aromatic N) is 1. The molecule has 1 saturated heterocycles. The number of rotatable bonds is 2. The summed E-state index contributed by atoms with van der Waals surface area (Å²) in [6, 6.07) is 0.264. The van der Waals surface area contributed by atoms with Crippen LogP contribution in [0.25, 0.3) is 0 Å². The molecule has 1 atom stereocenters. The first-order chi connectivity index (χ1) is 4.24. The fourth-order valence-corrected chi connectivity index (χ4v) is 1.90. The summed E-state index contributed by atoms with van der Waals surface area (Å²) in [5.74, 6) is 0.715. The van der Waals surface area contributed by atoms with Crippen LogP contribution in [0.4, 0.5) is 0 Å². The maximum Gasteiger partial charge on any atom is 0.0940 e. The number of hydrogen-bond donors (Lipinski definition) is 1. The second-order valence-electron chi connectivity index (χ2n) is 2.22. The average Bonchev–Trinajstić information content (AvgIpc) is 1.79. The van der Waals surface area contributed by atoms with E-state index in [1.54, 1.807) is 0 Å². The molecule has 1 fully saturated rings. The predicted octanol–water partition coefficient (Wildman–Crippen LogP) is -0.687. The Bertz CT molecular complexity index is 122. The van der Waals surface area contributed by atoms with Crippen LogP contribution in [0.1, 0.15) is 6.92 Å². The molecule has 0 aliphatic carbocycles. The lowest BCUT2D eigenvalue weighted by Gasteiger charge is -2.34. The highest BCUT2D eigenvalue weighted by molar-refractivity contribution is 7.82. The van der Waals surface area contributed by atoms with Crippen LogP contribution in [0.2, 0.25) is 0 Å². The Morgan fingerprint density at radius 1 is 1.78 bits per heavy atom. The molecule has 54 valence electrons. The molecule has 1 unspecified atom stereocenters. The predicted molar refractivity (Wildman–Crippen MR) is 38.2 cm³/mol. The molecule has 4 heteroatoms. The van der Waals surface area contributed by atoms with Crippen molar-refractivity contribution in [2.24, 2.45) is 5.73 Å². The summed E-state index contributed by atoms with van der Waals surface area (Å²) in [4.78, 5) is 0. The molecule has 0 aromatic rings.